The number of nitro groups is 2. The highest BCUT2D eigenvalue weighted by Crippen LogP contribution is 2.26. The second kappa shape index (κ2) is 15.4. The van der Waals surface area contributed by atoms with Gasteiger partial charge in [0, 0.05) is 72.0 Å². The van der Waals surface area contributed by atoms with Crippen LogP contribution in [0.25, 0.3) is 0 Å². The molecule has 0 amide bonds. The minimum atomic E-state index is -3.83. The van der Waals surface area contributed by atoms with Crippen LogP contribution in [-0.2, 0) is 54.3 Å². The topological polar surface area (TPSA) is 227 Å². The number of carbonyl (C=O) groups excluding carboxylic acids is 2. The van der Waals surface area contributed by atoms with Gasteiger partial charge in [-0.05, 0) is 83.6 Å². The fourth-order valence-corrected chi connectivity index (χ4v) is 6.81. The van der Waals surface area contributed by atoms with Crippen molar-refractivity contribution in [3.8, 4) is 0 Å². The number of nitrogen functional groups attached to an aromatic ring is 1. The highest BCUT2D eigenvalue weighted by atomic mass is 35.7. The summed E-state index contributed by atoms with van der Waals surface area (Å²) < 4.78 is 48.6. The van der Waals surface area contributed by atoms with E-state index in [1.165, 1.54) is 17.7 Å². The third-order valence-electron chi connectivity index (χ3n) is 7.50. The molecular weight excluding hydrogens is 700 g/mol. The summed E-state index contributed by atoms with van der Waals surface area (Å²) in [5, 5.41) is 20.8. The van der Waals surface area contributed by atoms with Gasteiger partial charge in [0.05, 0.1) is 19.6 Å². The van der Waals surface area contributed by atoms with E-state index in [2.05, 4.69) is 4.72 Å². The number of hydrogen-bond donors (Lipinski definition) is 2. The summed E-state index contributed by atoms with van der Waals surface area (Å²) >= 11 is 0. The number of nitrogens with one attached hydrogen (secondary N) is 1. The molecule has 4 aromatic carbocycles. The van der Waals surface area contributed by atoms with Crippen molar-refractivity contribution in [1.82, 2.24) is 0 Å². The first-order valence-electron chi connectivity index (χ1n) is 14.5. The number of aryl methyl sites for hydroxylation is 2. The van der Waals surface area contributed by atoms with Crippen molar-refractivity contribution in [3.63, 3.8) is 0 Å². The smallest absolute Gasteiger partial charge is 0.269 e. The van der Waals surface area contributed by atoms with E-state index >= 15 is 0 Å². The largest absolute Gasteiger partial charge is 0.399 e. The Hall–Kier alpha value is -5.19. The zero-order valence-electron chi connectivity index (χ0n) is 25.6. The highest BCUT2D eigenvalue weighted by Gasteiger charge is 2.20. The van der Waals surface area contributed by atoms with Crippen LogP contribution in [0.4, 0.5) is 22.7 Å². The molecule has 256 valence electrons. The van der Waals surface area contributed by atoms with Crippen LogP contribution in [0.1, 0.15) is 35.1 Å². The number of halogens is 1. The number of non-ortho nitro benzene ring substituents is 2. The van der Waals surface area contributed by atoms with Crippen molar-refractivity contribution in [1.29, 1.82) is 0 Å². The van der Waals surface area contributed by atoms with E-state index in [1.54, 1.807) is 18.2 Å². The standard InChI is InChI=1S/C16H14N2O5S.C10H11NO.C6H4ClNO4S/c19-15-6-2-11-9-13(3-1-12(11)10-15)17-24(22,23)16-7-4-14(5-8-16)18(20)21;11-9-3-1-8-6-10(12)4-2-7(8)5-9;7-13(11,12)6-3-1-5(2-4-6)8(9)10/h1,3-5,7-9,17H,2,6,10H2;1,3,5H,2,4,6,11H2;1-4H. The lowest BCUT2D eigenvalue weighted by atomic mass is 9.91. The van der Waals surface area contributed by atoms with E-state index in [-0.39, 0.29) is 26.9 Å². The van der Waals surface area contributed by atoms with Crippen molar-refractivity contribution in [2.75, 3.05) is 10.5 Å². The number of sulfonamides is 1. The van der Waals surface area contributed by atoms with Gasteiger partial charge in [-0.3, -0.25) is 34.5 Å². The van der Waals surface area contributed by atoms with Crippen LogP contribution < -0.4 is 10.5 Å². The Bertz CT molecular complexity index is 2140. The fraction of sp³-hybridized carbons (Fsp3) is 0.188. The molecule has 17 heteroatoms. The third kappa shape index (κ3) is 10.2. The van der Waals surface area contributed by atoms with Crippen LogP contribution in [0.2, 0.25) is 0 Å². The lowest BCUT2D eigenvalue weighted by Gasteiger charge is -2.16. The first-order valence-corrected chi connectivity index (χ1v) is 18.3. The van der Waals surface area contributed by atoms with Gasteiger partial charge in [0.15, 0.2) is 0 Å². The van der Waals surface area contributed by atoms with Gasteiger partial charge in [0.2, 0.25) is 0 Å². The number of fused-ring (bicyclic) bond motifs is 2. The van der Waals surface area contributed by atoms with E-state index in [4.69, 9.17) is 16.4 Å². The number of benzene rings is 4. The molecule has 0 bridgehead atoms. The number of nitrogens with two attached hydrogens (primary N) is 1. The van der Waals surface area contributed by atoms with Gasteiger partial charge < -0.3 is 5.73 Å². The Kier molecular flexibility index (Phi) is 11.5. The van der Waals surface area contributed by atoms with E-state index in [0.717, 1.165) is 65.2 Å². The molecule has 0 atom stereocenters. The maximum atomic E-state index is 12.4. The summed E-state index contributed by atoms with van der Waals surface area (Å²) in [4.78, 5) is 41.9. The summed E-state index contributed by atoms with van der Waals surface area (Å²) in [6.07, 6.45) is 3.57. The maximum absolute atomic E-state index is 12.4. The molecule has 0 spiro atoms. The quantitative estimate of drug-likeness (QED) is 0.112. The van der Waals surface area contributed by atoms with Crippen LogP contribution in [0.5, 0.6) is 0 Å². The minimum Gasteiger partial charge on any atom is -0.399 e. The van der Waals surface area contributed by atoms with Crippen LogP contribution in [0.3, 0.4) is 0 Å². The Morgan fingerprint density at radius 2 is 1.06 bits per heavy atom. The number of hydrogen-bond acceptors (Lipinski definition) is 11. The van der Waals surface area contributed by atoms with Crippen molar-refractivity contribution in [3.05, 3.63) is 127 Å². The number of ketones is 2. The van der Waals surface area contributed by atoms with E-state index in [9.17, 15) is 46.7 Å². The second-order valence-electron chi connectivity index (χ2n) is 11.0. The first kappa shape index (κ1) is 36.6. The lowest BCUT2D eigenvalue weighted by molar-refractivity contribution is -0.385. The molecule has 0 saturated carbocycles. The molecule has 6 rings (SSSR count). The SMILES string of the molecule is Nc1ccc2c(c1)CCC(=O)C2.O=C1CCc2cc(NS(=O)(=O)c3ccc([N+](=O)[O-])cc3)ccc2C1.O=[N+]([O-])c1ccc(S(=O)(=O)Cl)cc1. The molecule has 3 N–H and O–H groups in total. The average Bonchev–Trinajstić information content (AvgIpc) is 3.05. The van der Waals surface area contributed by atoms with E-state index < -0.39 is 28.9 Å². The maximum Gasteiger partial charge on any atom is 0.269 e. The summed E-state index contributed by atoms with van der Waals surface area (Å²) in [7, 11) is -2.64. The Balaban J connectivity index is 0.000000182. The third-order valence-corrected chi connectivity index (χ3v) is 10.3. The predicted molar refractivity (Wildman–Crippen MR) is 181 cm³/mol. The highest BCUT2D eigenvalue weighted by molar-refractivity contribution is 8.13. The minimum absolute atomic E-state index is 0.0546. The Labute approximate surface area is 285 Å². The van der Waals surface area contributed by atoms with Gasteiger partial charge in [-0.25, -0.2) is 16.8 Å². The first-order chi connectivity index (χ1) is 23.0. The Morgan fingerprint density at radius 3 is 1.53 bits per heavy atom. The molecule has 4 aromatic rings. The van der Waals surface area contributed by atoms with Gasteiger partial charge >= 0.3 is 0 Å². The molecular formula is C32H29ClN4O10S2. The zero-order chi connectivity index (χ0) is 35.9. The Morgan fingerprint density at radius 1 is 0.612 bits per heavy atom. The van der Waals surface area contributed by atoms with Crippen LogP contribution in [0.15, 0.2) is 94.7 Å². The molecule has 2 aliphatic carbocycles. The second-order valence-corrected chi connectivity index (χ2v) is 15.2. The summed E-state index contributed by atoms with van der Waals surface area (Å²) in [6, 6.07) is 19.9. The molecule has 0 radical (unpaired) electrons. The monoisotopic (exact) mass is 728 g/mol. The number of nitro benzene ring substituents is 2. The van der Waals surface area contributed by atoms with E-state index in [1.807, 2.05) is 18.2 Å². The number of Topliss-reactive ketones (excluding diaryl/α,β-unsaturated/α-hetero) is 2. The molecule has 0 unspecified atom stereocenters. The van der Waals surface area contributed by atoms with Gasteiger partial charge in [-0.2, -0.15) is 0 Å². The van der Waals surface area contributed by atoms with Crippen molar-refractivity contribution in [2.45, 2.75) is 48.3 Å². The van der Waals surface area contributed by atoms with E-state index in [0.29, 0.717) is 43.6 Å². The van der Waals surface area contributed by atoms with Gasteiger partial charge in [0.1, 0.15) is 11.6 Å². The molecule has 0 aliphatic heterocycles. The molecule has 14 nitrogen and oxygen atoms in total. The molecule has 0 fully saturated rings. The van der Waals surface area contributed by atoms with Gasteiger partial charge in [-0.15, -0.1) is 0 Å². The number of nitrogens with zero attached hydrogens (tertiary/aromatic N) is 2. The number of rotatable bonds is 6. The number of carbonyl (C=O) groups is 2. The van der Waals surface area contributed by atoms with Crippen molar-refractivity contribution >= 4 is 64.1 Å². The van der Waals surface area contributed by atoms with Gasteiger partial charge in [0.25, 0.3) is 30.4 Å². The molecule has 0 aromatic heterocycles. The normalized spacial score (nSPS) is 13.7. The average molecular weight is 729 g/mol. The summed E-state index contributed by atoms with van der Waals surface area (Å²) in [5.41, 5.74) is 10.8. The van der Waals surface area contributed by atoms with Crippen molar-refractivity contribution in [2.24, 2.45) is 0 Å². The van der Waals surface area contributed by atoms with Crippen LogP contribution >= 0.6 is 10.7 Å². The van der Waals surface area contributed by atoms with Crippen LogP contribution in [-0.4, -0.2) is 38.2 Å². The number of anilines is 2. The lowest BCUT2D eigenvalue weighted by Crippen LogP contribution is -2.16. The molecule has 0 saturated heterocycles. The molecule has 0 heterocycles. The summed E-state index contributed by atoms with van der Waals surface area (Å²) in [5.74, 6) is 0.522. The molecule has 2 aliphatic rings. The zero-order valence-corrected chi connectivity index (χ0v) is 28.0. The summed E-state index contributed by atoms with van der Waals surface area (Å²) in [6.45, 7) is 0. The van der Waals surface area contributed by atoms with Gasteiger partial charge in [-0.1, -0.05) is 12.1 Å². The van der Waals surface area contributed by atoms with Crippen molar-refractivity contribution < 1.29 is 36.3 Å². The van der Waals surface area contributed by atoms with Crippen LogP contribution in [0, 0.1) is 20.2 Å². The fourth-order valence-electron chi connectivity index (χ4n) is 4.99. The molecule has 49 heavy (non-hydrogen) atoms. The predicted octanol–water partition coefficient (Wildman–Crippen LogP) is 5.30.